The van der Waals surface area contributed by atoms with Gasteiger partial charge in [-0.05, 0) is 47.0 Å². The van der Waals surface area contributed by atoms with Crippen LogP contribution in [0.4, 0.5) is 10.3 Å². The molecule has 10 nitrogen and oxygen atoms in total. The number of carbonyl (C=O) groups is 4. The van der Waals surface area contributed by atoms with Crippen LogP contribution in [0.2, 0.25) is 0 Å². The molecule has 0 aliphatic rings. The molecule has 0 fully saturated rings. The van der Waals surface area contributed by atoms with E-state index < -0.39 is 0 Å². The van der Waals surface area contributed by atoms with Crippen molar-refractivity contribution in [3.05, 3.63) is 117 Å². The Morgan fingerprint density at radius 2 is 1.16 bits per heavy atom. The summed E-state index contributed by atoms with van der Waals surface area (Å²) in [4.78, 5) is 57.4. The van der Waals surface area contributed by atoms with Crippen LogP contribution in [0.3, 0.4) is 0 Å². The first-order chi connectivity index (χ1) is 24.6. The topological polar surface area (TPSA) is 151 Å². The Hall–Kier alpha value is -4.73. The summed E-state index contributed by atoms with van der Waals surface area (Å²) in [6, 6.07) is 26.7. The highest BCUT2D eigenvalue weighted by Crippen LogP contribution is 2.32. The number of anilines is 2. The number of benzene rings is 2. The van der Waals surface area contributed by atoms with Gasteiger partial charge >= 0.3 is 11.9 Å². The smallest absolute Gasteiger partial charge is 0.310 e. The number of halogens is 1. The van der Waals surface area contributed by atoms with Gasteiger partial charge in [-0.2, -0.15) is 0 Å². The lowest BCUT2D eigenvalue weighted by atomic mass is 10.1. The van der Waals surface area contributed by atoms with Gasteiger partial charge in [-0.3, -0.25) is 19.2 Å². The second-order valence-electron chi connectivity index (χ2n) is 10.4. The number of amides is 1. The van der Waals surface area contributed by atoms with Crippen LogP contribution >= 0.6 is 56.9 Å². The van der Waals surface area contributed by atoms with Crippen molar-refractivity contribution in [2.45, 2.75) is 25.7 Å². The number of esters is 2. The summed E-state index contributed by atoms with van der Waals surface area (Å²) in [5, 5.41) is 7.44. The number of thiazole rings is 2. The number of carbonyl (C=O) groups excluding carboxylic acids is 4. The molecule has 2 aromatic carbocycles. The Bertz CT molecular complexity index is 2020. The minimum atomic E-state index is -0.314. The highest BCUT2D eigenvalue weighted by molar-refractivity contribution is 7.17. The van der Waals surface area contributed by atoms with Crippen LogP contribution in [0, 0.1) is 0 Å². The molecule has 51 heavy (non-hydrogen) atoms. The van der Waals surface area contributed by atoms with Crippen molar-refractivity contribution in [3.63, 3.8) is 0 Å². The number of nitrogens with two attached hydrogens (primary N) is 1. The zero-order chi connectivity index (χ0) is 36.6. The third-order valence-electron chi connectivity index (χ3n) is 6.59. The second-order valence-corrected chi connectivity index (χ2v) is 14.9. The van der Waals surface area contributed by atoms with Gasteiger partial charge < -0.3 is 20.5 Å². The zero-order valence-electron chi connectivity index (χ0n) is 27.5. The molecule has 0 saturated carbocycles. The van der Waals surface area contributed by atoms with Crippen molar-refractivity contribution in [2.75, 3.05) is 25.3 Å². The van der Waals surface area contributed by atoms with Crippen LogP contribution in [-0.4, -0.2) is 47.3 Å². The van der Waals surface area contributed by atoms with Gasteiger partial charge in [0.25, 0.3) is 0 Å². The summed E-state index contributed by atoms with van der Waals surface area (Å²) in [6.45, 7) is 0. The Balaban J connectivity index is 0.000000191. The van der Waals surface area contributed by atoms with Crippen molar-refractivity contribution in [3.8, 4) is 21.1 Å². The normalized spacial score (nSPS) is 10.2. The maximum atomic E-state index is 12.1. The molecule has 6 rings (SSSR count). The SMILES string of the molecule is COC(=O)Cc1ccc(-c2csc(N)n2)s1.COC(=O)Cc1ccc(-c2csc(NC(=O)Cc3ccccc3)n2)s1.O=C(Cl)Cc1ccccc1. The highest BCUT2D eigenvalue weighted by atomic mass is 35.5. The Labute approximate surface area is 315 Å². The van der Waals surface area contributed by atoms with Crippen LogP contribution in [0.5, 0.6) is 0 Å². The fourth-order valence-corrected chi connectivity index (χ4v) is 7.70. The number of hydrogen-bond donors (Lipinski definition) is 2. The van der Waals surface area contributed by atoms with Crippen molar-refractivity contribution in [1.29, 1.82) is 0 Å². The number of rotatable bonds is 11. The van der Waals surface area contributed by atoms with E-state index in [9.17, 15) is 19.2 Å². The molecule has 4 heterocycles. The van der Waals surface area contributed by atoms with E-state index in [-0.39, 0.29) is 29.5 Å². The number of nitrogens with one attached hydrogen (secondary N) is 1. The zero-order valence-corrected chi connectivity index (χ0v) is 31.5. The summed E-state index contributed by atoms with van der Waals surface area (Å²) in [5.41, 5.74) is 9.14. The number of ether oxygens (including phenoxy) is 2. The fraction of sp³-hybridized carbons (Fsp3) is 0.167. The molecular weight excluding hydrogens is 748 g/mol. The summed E-state index contributed by atoms with van der Waals surface area (Å²) in [5.74, 6) is -0.587. The largest absolute Gasteiger partial charge is 0.469 e. The van der Waals surface area contributed by atoms with Gasteiger partial charge in [0.05, 0.1) is 54.6 Å². The maximum absolute atomic E-state index is 12.1. The monoisotopic (exact) mass is 780 g/mol. The van der Waals surface area contributed by atoms with E-state index in [0.717, 1.165) is 42.0 Å². The van der Waals surface area contributed by atoms with Gasteiger partial charge in [-0.1, -0.05) is 60.7 Å². The van der Waals surface area contributed by atoms with Gasteiger partial charge in [-0.25, -0.2) is 9.97 Å². The average Bonchev–Trinajstić information content (AvgIpc) is 3.95. The molecule has 1 amide bonds. The van der Waals surface area contributed by atoms with E-state index in [1.807, 2.05) is 95.7 Å². The predicted octanol–water partition coefficient (Wildman–Crippen LogP) is 7.93. The Morgan fingerprint density at radius 1 is 0.667 bits per heavy atom. The van der Waals surface area contributed by atoms with Crippen LogP contribution in [0.15, 0.2) is 95.7 Å². The molecule has 3 N–H and O–H groups in total. The highest BCUT2D eigenvalue weighted by Gasteiger charge is 2.13. The first-order valence-corrected chi connectivity index (χ1v) is 18.9. The molecule has 6 aromatic rings. The maximum Gasteiger partial charge on any atom is 0.310 e. The Kier molecular flexibility index (Phi) is 15.5. The van der Waals surface area contributed by atoms with E-state index in [1.165, 1.54) is 59.6 Å². The van der Waals surface area contributed by atoms with E-state index in [1.54, 1.807) is 0 Å². The fourth-order valence-electron chi connectivity index (χ4n) is 4.20. The third-order valence-corrected chi connectivity index (χ3v) is 10.4. The van der Waals surface area contributed by atoms with Gasteiger partial charge in [0.15, 0.2) is 10.3 Å². The number of nitrogen functional groups attached to an aromatic ring is 1. The van der Waals surface area contributed by atoms with Crippen molar-refractivity contribution >= 4 is 90.3 Å². The Morgan fingerprint density at radius 3 is 1.63 bits per heavy atom. The molecule has 15 heteroatoms. The van der Waals surface area contributed by atoms with Gasteiger partial charge in [-0.15, -0.1) is 45.3 Å². The van der Waals surface area contributed by atoms with Crippen LogP contribution in [-0.2, 0) is 54.3 Å². The van der Waals surface area contributed by atoms with Crippen LogP contribution in [0.25, 0.3) is 21.1 Å². The van der Waals surface area contributed by atoms with Crippen molar-refractivity contribution < 1.29 is 28.7 Å². The molecule has 264 valence electrons. The number of aromatic nitrogens is 2. The second kappa shape index (κ2) is 20.2. The molecule has 0 unspecified atom stereocenters. The summed E-state index contributed by atoms with van der Waals surface area (Å²) >= 11 is 11.0. The van der Waals surface area contributed by atoms with Gasteiger partial charge in [0.1, 0.15) is 0 Å². The minimum absolute atomic E-state index is 0.0929. The first kappa shape index (κ1) is 39.1. The lowest BCUT2D eigenvalue weighted by molar-refractivity contribution is -0.140. The van der Waals surface area contributed by atoms with Crippen molar-refractivity contribution in [1.82, 2.24) is 9.97 Å². The van der Waals surface area contributed by atoms with Crippen molar-refractivity contribution in [2.24, 2.45) is 0 Å². The van der Waals surface area contributed by atoms with E-state index >= 15 is 0 Å². The molecule has 4 aromatic heterocycles. The average molecular weight is 781 g/mol. The third kappa shape index (κ3) is 13.5. The molecule has 0 atom stereocenters. The molecule has 0 aliphatic heterocycles. The van der Waals surface area contributed by atoms with E-state index in [2.05, 4.69) is 24.8 Å². The molecule has 0 radical (unpaired) electrons. The van der Waals surface area contributed by atoms with Crippen LogP contribution in [0.1, 0.15) is 20.9 Å². The molecule has 0 aliphatic carbocycles. The lowest BCUT2D eigenvalue weighted by Crippen LogP contribution is -2.14. The first-order valence-electron chi connectivity index (χ1n) is 15.2. The van der Waals surface area contributed by atoms with E-state index in [0.29, 0.717) is 29.5 Å². The predicted molar refractivity (Wildman–Crippen MR) is 206 cm³/mol. The quantitative estimate of drug-likeness (QED) is 0.0987. The molecular formula is C36H33ClN4O6S4. The number of hydrogen-bond acceptors (Lipinski definition) is 13. The molecule has 0 saturated heterocycles. The van der Waals surface area contributed by atoms with E-state index in [4.69, 9.17) is 17.3 Å². The summed E-state index contributed by atoms with van der Waals surface area (Å²) in [6.07, 6.45) is 1.20. The molecule has 0 spiro atoms. The van der Waals surface area contributed by atoms with Crippen LogP contribution < -0.4 is 11.1 Å². The summed E-state index contributed by atoms with van der Waals surface area (Å²) < 4.78 is 9.28. The van der Waals surface area contributed by atoms with Gasteiger partial charge in [0.2, 0.25) is 11.1 Å². The number of thiophene rings is 2. The number of methoxy groups -OCH3 is 2. The number of nitrogens with zero attached hydrogens (tertiary/aromatic N) is 2. The summed E-state index contributed by atoms with van der Waals surface area (Å²) in [7, 11) is 2.76. The standard InChI is InChI=1S/C18H16N2O3S2.C10H10N2O2S2.C8H7ClO/c1-23-17(22)10-13-7-8-15(25-13)14-11-24-18(19-14)20-16(21)9-12-5-3-2-4-6-12;1-14-9(13)4-6-2-3-8(16-6)7-5-15-10(11)12-7;9-8(10)6-7-4-2-1-3-5-7/h2-8,11H,9-10H2,1H3,(H,19,20,21);2-3,5H,4H2,1H3,(H2,11,12);1-5H,6H2. The molecule has 0 bridgehead atoms. The minimum Gasteiger partial charge on any atom is -0.469 e. The lowest BCUT2D eigenvalue weighted by Gasteiger charge is -2.01. The van der Waals surface area contributed by atoms with Gasteiger partial charge in [0, 0.05) is 26.9 Å².